The van der Waals surface area contributed by atoms with E-state index >= 15 is 0 Å². The Morgan fingerprint density at radius 2 is 1.82 bits per heavy atom. The van der Waals surface area contributed by atoms with Gasteiger partial charge in [-0.1, -0.05) is 12.1 Å². The molecule has 0 N–H and O–H groups in total. The smallest absolute Gasteiger partial charge is 0.133 e. The molecule has 0 spiro atoms. The van der Waals surface area contributed by atoms with Gasteiger partial charge in [0, 0.05) is 11.6 Å². The van der Waals surface area contributed by atoms with Gasteiger partial charge in [-0.25, -0.2) is 8.78 Å². The summed E-state index contributed by atoms with van der Waals surface area (Å²) < 4.78 is 26.3. The van der Waals surface area contributed by atoms with Crippen molar-refractivity contribution in [2.75, 3.05) is 0 Å². The molecule has 0 aliphatic rings. The molecule has 84 valence electrons. The molecular weight excluding hydrogens is 220 g/mol. The molecule has 17 heavy (non-hydrogen) atoms. The third kappa shape index (κ3) is 2.16. The van der Waals surface area contributed by atoms with Crippen LogP contribution in [0.4, 0.5) is 8.78 Å². The Labute approximate surface area is 97.9 Å². The molecular formula is C14H9F2N. The minimum Gasteiger partial charge on any atom is -0.207 e. The highest BCUT2D eigenvalue weighted by Crippen LogP contribution is 2.25. The molecule has 3 heteroatoms. The quantitative estimate of drug-likeness (QED) is 0.729. The molecule has 2 aromatic rings. The average molecular weight is 229 g/mol. The lowest BCUT2D eigenvalue weighted by atomic mass is 10.00. The monoisotopic (exact) mass is 229 g/mol. The molecule has 1 nitrogen and oxygen atoms in total. The zero-order valence-electron chi connectivity index (χ0n) is 9.17. The van der Waals surface area contributed by atoms with Crippen LogP contribution in [0.15, 0.2) is 36.4 Å². The lowest BCUT2D eigenvalue weighted by molar-refractivity contribution is 0.585. The van der Waals surface area contributed by atoms with Crippen molar-refractivity contribution in [1.82, 2.24) is 0 Å². The lowest BCUT2D eigenvalue weighted by Crippen LogP contribution is -1.89. The summed E-state index contributed by atoms with van der Waals surface area (Å²) in [4.78, 5) is 0. The van der Waals surface area contributed by atoms with Crippen molar-refractivity contribution < 1.29 is 8.78 Å². The predicted octanol–water partition coefficient (Wildman–Crippen LogP) is 3.81. The third-order valence-corrected chi connectivity index (χ3v) is 2.59. The molecule has 0 saturated carbocycles. The Hall–Kier alpha value is -2.21. The van der Waals surface area contributed by atoms with Gasteiger partial charge in [-0.2, -0.15) is 5.26 Å². The summed E-state index contributed by atoms with van der Waals surface area (Å²) in [6.45, 7) is 1.78. The summed E-state index contributed by atoms with van der Waals surface area (Å²) in [7, 11) is 0. The van der Waals surface area contributed by atoms with Crippen LogP contribution in [0.1, 0.15) is 11.1 Å². The number of hydrogen-bond donors (Lipinski definition) is 0. The summed E-state index contributed by atoms with van der Waals surface area (Å²) in [6, 6.07) is 10.5. The van der Waals surface area contributed by atoms with Crippen molar-refractivity contribution in [3.05, 3.63) is 59.2 Å². The Bertz CT molecular complexity index is 612. The average Bonchev–Trinajstić information content (AvgIpc) is 2.29. The van der Waals surface area contributed by atoms with Gasteiger partial charge >= 0.3 is 0 Å². The number of aryl methyl sites for hydroxylation is 1. The van der Waals surface area contributed by atoms with Crippen LogP contribution in [-0.2, 0) is 0 Å². The Morgan fingerprint density at radius 1 is 1.06 bits per heavy atom. The van der Waals surface area contributed by atoms with E-state index in [1.165, 1.54) is 12.1 Å². The van der Waals surface area contributed by atoms with Crippen LogP contribution in [0.2, 0.25) is 0 Å². The normalized spacial score (nSPS) is 10.0. The van der Waals surface area contributed by atoms with Gasteiger partial charge in [0.2, 0.25) is 0 Å². The van der Waals surface area contributed by atoms with Crippen LogP contribution in [-0.4, -0.2) is 0 Å². The Morgan fingerprint density at radius 3 is 2.41 bits per heavy atom. The number of nitriles is 1. The van der Waals surface area contributed by atoms with Crippen molar-refractivity contribution in [2.24, 2.45) is 0 Å². The molecule has 0 radical (unpaired) electrons. The van der Waals surface area contributed by atoms with Gasteiger partial charge < -0.3 is 0 Å². The standard InChI is InChI=1S/C14H9F2N/c1-9-6-10(2-3-11(9)8-17)13-5-4-12(15)7-14(13)16/h2-7H,1H3. The molecule has 0 bridgehead atoms. The first-order valence-electron chi connectivity index (χ1n) is 5.08. The van der Waals surface area contributed by atoms with E-state index in [2.05, 4.69) is 0 Å². The highest BCUT2D eigenvalue weighted by atomic mass is 19.1. The first-order chi connectivity index (χ1) is 8.11. The Kier molecular flexibility index (Phi) is 2.88. The lowest BCUT2D eigenvalue weighted by Gasteiger charge is -2.05. The first-order valence-corrected chi connectivity index (χ1v) is 5.08. The number of benzene rings is 2. The fourth-order valence-electron chi connectivity index (χ4n) is 1.68. The SMILES string of the molecule is Cc1cc(-c2ccc(F)cc2F)ccc1C#N. The number of nitrogens with zero attached hydrogens (tertiary/aromatic N) is 1. The van der Waals surface area contributed by atoms with E-state index < -0.39 is 11.6 Å². The largest absolute Gasteiger partial charge is 0.207 e. The summed E-state index contributed by atoms with van der Waals surface area (Å²) in [5, 5.41) is 8.80. The van der Waals surface area contributed by atoms with E-state index in [1.54, 1.807) is 25.1 Å². The minimum absolute atomic E-state index is 0.332. The number of rotatable bonds is 1. The molecule has 0 aliphatic carbocycles. The Balaban J connectivity index is 2.54. The van der Waals surface area contributed by atoms with E-state index in [0.29, 0.717) is 16.7 Å². The van der Waals surface area contributed by atoms with Crippen molar-refractivity contribution in [1.29, 1.82) is 5.26 Å². The molecule has 0 atom stereocenters. The predicted molar refractivity (Wildman–Crippen MR) is 61.2 cm³/mol. The van der Waals surface area contributed by atoms with Crippen molar-refractivity contribution in [3.63, 3.8) is 0 Å². The minimum atomic E-state index is -0.603. The van der Waals surface area contributed by atoms with Crippen LogP contribution in [0.5, 0.6) is 0 Å². The van der Waals surface area contributed by atoms with E-state index in [1.807, 2.05) is 6.07 Å². The van der Waals surface area contributed by atoms with E-state index in [4.69, 9.17) is 5.26 Å². The maximum Gasteiger partial charge on any atom is 0.133 e. The molecule has 0 amide bonds. The van der Waals surface area contributed by atoms with Gasteiger partial charge in [-0.05, 0) is 36.2 Å². The van der Waals surface area contributed by atoms with Gasteiger partial charge in [0.05, 0.1) is 11.6 Å². The summed E-state index contributed by atoms with van der Waals surface area (Å²) in [5.41, 5.74) is 2.29. The van der Waals surface area contributed by atoms with Gasteiger partial charge in [0.25, 0.3) is 0 Å². The number of hydrogen-bond acceptors (Lipinski definition) is 1. The molecule has 0 heterocycles. The zero-order valence-corrected chi connectivity index (χ0v) is 9.17. The molecule has 0 aromatic heterocycles. The highest BCUT2D eigenvalue weighted by Gasteiger charge is 2.07. The molecule has 0 aliphatic heterocycles. The molecule has 2 rings (SSSR count). The van der Waals surface area contributed by atoms with Crippen molar-refractivity contribution >= 4 is 0 Å². The second-order valence-electron chi connectivity index (χ2n) is 3.77. The third-order valence-electron chi connectivity index (χ3n) is 2.59. The van der Waals surface area contributed by atoms with E-state index in [0.717, 1.165) is 11.6 Å². The summed E-state index contributed by atoms with van der Waals surface area (Å²) in [5.74, 6) is -1.20. The van der Waals surface area contributed by atoms with Gasteiger partial charge in [0.15, 0.2) is 0 Å². The molecule has 0 fully saturated rings. The van der Waals surface area contributed by atoms with Gasteiger partial charge in [-0.15, -0.1) is 0 Å². The topological polar surface area (TPSA) is 23.8 Å². The summed E-state index contributed by atoms with van der Waals surface area (Å²) >= 11 is 0. The molecule has 2 aromatic carbocycles. The first kappa shape index (κ1) is 11.3. The van der Waals surface area contributed by atoms with Crippen LogP contribution in [0.25, 0.3) is 11.1 Å². The van der Waals surface area contributed by atoms with Crippen LogP contribution >= 0.6 is 0 Å². The summed E-state index contributed by atoms with van der Waals surface area (Å²) in [6.07, 6.45) is 0. The maximum absolute atomic E-state index is 13.5. The fraction of sp³-hybridized carbons (Fsp3) is 0.0714. The van der Waals surface area contributed by atoms with Gasteiger partial charge in [-0.3, -0.25) is 0 Å². The number of halogens is 2. The molecule has 0 saturated heterocycles. The highest BCUT2D eigenvalue weighted by molar-refractivity contribution is 5.66. The second kappa shape index (κ2) is 4.34. The second-order valence-corrected chi connectivity index (χ2v) is 3.77. The zero-order chi connectivity index (χ0) is 12.4. The van der Waals surface area contributed by atoms with Crippen LogP contribution < -0.4 is 0 Å². The van der Waals surface area contributed by atoms with Gasteiger partial charge in [0.1, 0.15) is 11.6 Å². The maximum atomic E-state index is 13.5. The van der Waals surface area contributed by atoms with E-state index in [9.17, 15) is 8.78 Å². The molecule has 0 unspecified atom stereocenters. The fourth-order valence-corrected chi connectivity index (χ4v) is 1.68. The van der Waals surface area contributed by atoms with Crippen LogP contribution in [0, 0.1) is 29.9 Å². The van der Waals surface area contributed by atoms with Crippen molar-refractivity contribution in [3.8, 4) is 17.2 Å². The van der Waals surface area contributed by atoms with Crippen LogP contribution in [0.3, 0.4) is 0 Å². The van der Waals surface area contributed by atoms with Crippen molar-refractivity contribution in [2.45, 2.75) is 6.92 Å². The van der Waals surface area contributed by atoms with E-state index in [-0.39, 0.29) is 0 Å².